The summed E-state index contributed by atoms with van der Waals surface area (Å²) in [6.07, 6.45) is 7.26. The van der Waals surface area contributed by atoms with Crippen molar-refractivity contribution in [2.24, 2.45) is 0 Å². The van der Waals surface area contributed by atoms with Gasteiger partial charge >= 0.3 is 0 Å². The van der Waals surface area contributed by atoms with Crippen LogP contribution in [0, 0.1) is 13.8 Å². The lowest BCUT2D eigenvalue weighted by Gasteiger charge is -2.27. The number of carbonyl (C=O) groups is 1. The summed E-state index contributed by atoms with van der Waals surface area (Å²) in [4.78, 5) is 26.2. The Bertz CT molecular complexity index is 775. The molecule has 1 fully saturated rings. The smallest absolute Gasteiger partial charge is 0.264 e. The summed E-state index contributed by atoms with van der Waals surface area (Å²) in [6.45, 7) is 10.5. The van der Waals surface area contributed by atoms with E-state index in [1.165, 1.54) is 24.2 Å². The molecule has 3 rings (SSSR count). The molecule has 0 radical (unpaired) electrons. The molecule has 2 heterocycles. The molecule has 128 valence electrons. The Balaban J connectivity index is 2.03. The van der Waals surface area contributed by atoms with Gasteiger partial charge in [0, 0.05) is 30.1 Å². The highest BCUT2D eigenvalue weighted by molar-refractivity contribution is 7.20. The van der Waals surface area contributed by atoms with Gasteiger partial charge in [-0.25, -0.2) is 9.97 Å². The van der Waals surface area contributed by atoms with Gasteiger partial charge < -0.3 is 4.90 Å². The van der Waals surface area contributed by atoms with Crippen LogP contribution in [-0.4, -0.2) is 33.4 Å². The quantitative estimate of drug-likeness (QED) is 0.754. The number of rotatable bonds is 5. The fourth-order valence-electron chi connectivity index (χ4n) is 3.64. The molecule has 0 bridgehead atoms. The third kappa shape index (κ3) is 2.97. The van der Waals surface area contributed by atoms with Gasteiger partial charge in [0.05, 0.1) is 4.88 Å². The highest BCUT2D eigenvalue weighted by Gasteiger charge is 2.29. The van der Waals surface area contributed by atoms with Gasteiger partial charge in [0.2, 0.25) is 0 Å². The predicted octanol–water partition coefficient (Wildman–Crippen LogP) is 4.44. The van der Waals surface area contributed by atoms with E-state index < -0.39 is 0 Å². The summed E-state index contributed by atoms with van der Waals surface area (Å²) < 4.78 is 0. The van der Waals surface area contributed by atoms with Gasteiger partial charge in [0.25, 0.3) is 5.91 Å². The molecule has 0 N–H and O–H groups in total. The van der Waals surface area contributed by atoms with Crippen LogP contribution in [0.15, 0.2) is 12.7 Å². The van der Waals surface area contributed by atoms with Crippen LogP contribution < -0.4 is 0 Å². The average molecular weight is 343 g/mol. The fraction of sp³-hybridized carbons (Fsp3) is 0.526. The first-order chi connectivity index (χ1) is 11.6. The Kier molecular flexibility index (Phi) is 4.99. The van der Waals surface area contributed by atoms with Gasteiger partial charge in [0.1, 0.15) is 10.7 Å². The molecule has 0 aliphatic heterocycles. The van der Waals surface area contributed by atoms with Crippen molar-refractivity contribution in [2.75, 3.05) is 6.54 Å². The zero-order valence-corrected chi connectivity index (χ0v) is 15.6. The molecule has 1 aliphatic carbocycles. The molecule has 0 aromatic carbocycles. The largest absolute Gasteiger partial charge is 0.331 e. The average Bonchev–Trinajstić information content (AvgIpc) is 3.20. The zero-order valence-electron chi connectivity index (χ0n) is 14.8. The molecule has 24 heavy (non-hydrogen) atoms. The molecule has 0 saturated heterocycles. The maximum Gasteiger partial charge on any atom is 0.264 e. The molecule has 2 aromatic rings. The van der Waals surface area contributed by atoms with Gasteiger partial charge in [-0.1, -0.05) is 25.8 Å². The van der Waals surface area contributed by atoms with Gasteiger partial charge in [0.15, 0.2) is 0 Å². The number of aromatic nitrogens is 2. The number of fused-ring (bicyclic) bond motifs is 1. The van der Waals surface area contributed by atoms with E-state index in [1.807, 2.05) is 24.8 Å². The summed E-state index contributed by atoms with van der Waals surface area (Å²) in [7, 11) is 0. The van der Waals surface area contributed by atoms with E-state index in [2.05, 4.69) is 23.5 Å². The second-order valence-corrected chi connectivity index (χ2v) is 7.50. The molecule has 5 heteroatoms. The zero-order chi connectivity index (χ0) is 17.3. The summed E-state index contributed by atoms with van der Waals surface area (Å²) in [5.41, 5.74) is 1.99. The third-order valence-electron chi connectivity index (χ3n) is 4.88. The lowest BCUT2D eigenvalue weighted by molar-refractivity contribution is 0.0711. The molecule has 4 nitrogen and oxygen atoms in total. The van der Waals surface area contributed by atoms with Crippen LogP contribution in [0.25, 0.3) is 10.2 Å². The molecule has 0 unspecified atom stereocenters. The molecular weight excluding hydrogens is 318 g/mol. The van der Waals surface area contributed by atoms with E-state index in [0.717, 1.165) is 51.4 Å². The van der Waals surface area contributed by atoms with E-state index in [0.29, 0.717) is 12.6 Å². The molecule has 1 amide bonds. The minimum absolute atomic E-state index is 0.125. The minimum Gasteiger partial charge on any atom is -0.331 e. The number of carbonyl (C=O) groups excluding carboxylic acids is 1. The number of nitrogens with zero attached hydrogens (tertiary/aromatic N) is 3. The lowest BCUT2D eigenvalue weighted by Crippen LogP contribution is -2.38. The van der Waals surface area contributed by atoms with E-state index in [-0.39, 0.29) is 5.91 Å². The van der Waals surface area contributed by atoms with Crippen LogP contribution >= 0.6 is 11.3 Å². The van der Waals surface area contributed by atoms with Gasteiger partial charge in [-0.15, -0.1) is 17.9 Å². The van der Waals surface area contributed by atoms with Crippen LogP contribution in [0.4, 0.5) is 0 Å². The summed E-state index contributed by atoms with van der Waals surface area (Å²) in [5, 5.41) is 1.05. The normalized spacial score (nSPS) is 15.1. The standard InChI is InChI=1S/C19H25N3OS/c1-5-11-22(14-9-7-8-10-14)19(23)17-12(3)16-13(4)20-15(6-2)21-18(16)24-17/h5,14H,1,6-11H2,2-4H3. The van der Waals surface area contributed by atoms with E-state index in [4.69, 9.17) is 0 Å². The monoisotopic (exact) mass is 343 g/mol. The second-order valence-electron chi connectivity index (χ2n) is 6.50. The highest BCUT2D eigenvalue weighted by Crippen LogP contribution is 2.34. The van der Waals surface area contributed by atoms with Gasteiger partial charge in [-0.3, -0.25) is 4.79 Å². The van der Waals surface area contributed by atoms with Crippen molar-refractivity contribution in [3.05, 3.63) is 34.6 Å². The first-order valence-corrected chi connectivity index (χ1v) is 9.56. The van der Waals surface area contributed by atoms with Gasteiger partial charge in [-0.05, 0) is 32.3 Å². The Morgan fingerprint density at radius 3 is 2.67 bits per heavy atom. The van der Waals surface area contributed by atoms with Crippen LogP contribution in [0.2, 0.25) is 0 Å². The number of amides is 1. The van der Waals surface area contributed by atoms with Crippen LogP contribution in [-0.2, 0) is 6.42 Å². The highest BCUT2D eigenvalue weighted by atomic mass is 32.1. The Labute approximate surface area is 147 Å². The van der Waals surface area contributed by atoms with E-state index in [1.54, 1.807) is 0 Å². The SMILES string of the molecule is C=CCN(C(=O)c1sc2nc(CC)nc(C)c2c1C)C1CCCC1. The van der Waals surface area contributed by atoms with E-state index in [9.17, 15) is 4.79 Å². The maximum absolute atomic E-state index is 13.2. The number of hydrogen-bond donors (Lipinski definition) is 0. The minimum atomic E-state index is 0.125. The van der Waals surface area contributed by atoms with Crippen LogP contribution in [0.1, 0.15) is 59.4 Å². The fourth-order valence-corrected chi connectivity index (χ4v) is 4.85. The Morgan fingerprint density at radius 1 is 1.33 bits per heavy atom. The van der Waals surface area contributed by atoms with Crippen molar-refractivity contribution in [1.82, 2.24) is 14.9 Å². The molecule has 0 spiro atoms. The molecule has 0 atom stereocenters. The number of hydrogen-bond acceptors (Lipinski definition) is 4. The summed E-state index contributed by atoms with van der Waals surface area (Å²) in [5.74, 6) is 0.971. The Hall–Kier alpha value is -1.75. The molecule has 1 saturated carbocycles. The van der Waals surface area contributed by atoms with Crippen LogP contribution in [0.3, 0.4) is 0 Å². The molecule has 1 aliphatic rings. The lowest BCUT2D eigenvalue weighted by atomic mass is 10.1. The van der Waals surface area contributed by atoms with Crippen molar-refractivity contribution in [3.63, 3.8) is 0 Å². The topological polar surface area (TPSA) is 46.1 Å². The first kappa shape index (κ1) is 17.1. The number of thiophene rings is 1. The molecule has 2 aromatic heterocycles. The molecular formula is C19H25N3OS. The summed E-state index contributed by atoms with van der Waals surface area (Å²) in [6, 6.07) is 0.346. The van der Waals surface area contributed by atoms with Crippen molar-refractivity contribution in [3.8, 4) is 0 Å². The van der Waals surface area contributed by atoms with E-state index >= 15 is 0 Å². The van der Waals surface area contributed by atoms with Gasteiger partial charge in [-0.2, -0.15) is 0 Å². The summed E-state index contributed by atoms with van der Waals surface area (Å²) >= 11 is 1.51. The second kappa shape index (κ2) is 7.01. The van der Waals surface area contributed by atoms with Crippen molar-refractivity contribution in [2.45, 2.75) is 58.9 Å². The van der Waals surface area contributed by atoms with Crippen LogP contribution in [0.5, 0.6) is 0 Å². The number of aryl methyl sites for hydroxylation is 3. The maximum atomic E-state index is 13.2. The van der Waals surface area contributed by atoms with Crippen molar-refractivity contribution >= 4 is 27.5 Å². The van der Waals surface area contributed by atoms with Crippen molar-refractivity contribution < 1.29 is 4.79 Å². The first-order valence-electron chi connectivity index (χ1n) is 8.75. The predicted molar refractivity (Wildman–Crippen MR) is 99.8 cm³/mol. The third-order valence-corrected chi connectivity index (χ3v) is 6.05. The van der Waals surface area contributed by atoms with Crippen molar-refractivity contribution in [1.29, 1.82) is 0 Å². The Morgan fingerprint density at radius 2 is 2.04 bits per heavy atom.